The van der Waals surface area contributed by atoms with Gasteiger partial charge in [-0.25, -0.2) is 14.6 Å². The number of carboxylic acid groups (broad SMARTS) is 1. The van der Waals surface area contributed by atoms with Gasteiger partial charge >= 0.3 is 11.9 Å². The summed E-state index contributed by atoms with van der Waals surface area (Å²) in [4.78, 5) is 44.0. The summed E-state index contributed by atoms with van der Waals surface area (Å²) in [6.45, 7) is 5.83. The average Bonchev–Trinajstić information content (AvgIpc) is 3.62. The van der Waals surface area contributed by atoms with Crippen molar-refractivity contribution in [3.63, 3.8) is 0 Å². The van der Waals surface area contributed by atoms with Gasteiger partial charge in [-0.2, -0.15) is 0 Å². The number of esters is 1. The van der Waals surface area contributed by atoms with Crippen molar-refractivity contribution in [1.82, 2.24) is 15.3 Å². The van der Waals surface area contributed by atoms with E-state index in [9.17, 15) is 14.4 Å². The second kappa shape index (κ2) is 18.9. The van der Waals surface area contributed by atoms with Crippen molar-refractivity contribution in [3.8, 4) is 39.7 Å². The molecule has 3 N–H and O–H groups in total. The standard InChI is InChI=1S/C44H45N3O6/c1-4-6-7-8-31-9-17-34(18-10-31)30(3)45-39(48)27-15-32-11-19-35(20-12-32)42-43(36-23-25-38(26-24-36)53-29-40(49)50)47-44(46-42)37-21-13-33(14-22-37)16-28-41(51)52-5-2/h9-28,30H,4-8,29H2,1-3H3,(H,45,48)(H,46,47)(H,49,50)/b27-15+,28-16+. The van der Waals surface area contributed by atoms with Crippen LogP contribution in [0.15, 0.2) is 109 Å². The molecular weight excluding hydrogens is 666 g/mol. The van der Waals surface area contributed by atoms with E-state index in [0.717, 1.165) is 45.5 Å². The van der Waals surface area contributed by atoms with Crippen LogP contribution in [0.1, 0.15) is 68.3 Å². The second-order valence-electron chi connectivity index (χ2n) is 12.6. The van der Waals surface area contributed by atoms with Crippen LogP contribution in [0.25, 0.3) is 46.1 Å². The molecule has 0 aliphatic carbocycles. The number of nitrogens with zero attached hydrogens (tertiary/aromatic N) is 1. The first-order valence-electron chi connectivity index (χ1n) is 17.9. The number of aromatic amines is 1. The Labute approximate surface area is 310 Å². The fourth-order valence-electron chi connectivity index (χ4n) is 5.72. The molecule has 1 aromatic heterocycles. The van der Waals surface area contributed by atoms with Crippen molar-refractivity contribution in [2.75, 3.05) is 13.2 Å². The van der Waals surface area contributed by atoms with Crippen LogP contribution in [0.2, 0.25) is 0 Å². The third kappa shape index (κ3) is 11.1. The summed E-state index contributed by atoms with van der Waals surface area (Å²) < 4.78 is 10.3. The van der Waals surface area contributed by atoms with Crippen LogP contribution >= 0.6 is 0 Å². The normalized spacial score (nSPS) is 11.8. The quantitative estimate of drug-likeness (QED) is 0.0498. The molecule has 1 atom stereocenters. The molecule has 1 amide bonds. The molecule has 0 spiro atoms. The van der Waals surface area contributed by atoms with Crippen LogP contribution in [-0.4, -0.2) is 46.1 Å². The van der Waals surface area contributed by atoms with Crippen molar-refractivity contribution in [3.05, 3.63) is 131 Å². The summed E-state index contributed by atoms with van der Waals surface area (Å²) in [6, 6.07) is 30.9. The monoisotopic (exact) mass is 711 g/mol. The number of carbonyl (C=O) groups is 3. The molecular formula is C44H45N3O6. The molecule has 0 saturated heterocycles. The van der Waals surface area contributed by atoms with E-state index in [1.807, 2.05) is 67.6 Å². The molecule has 53 heavy (non-hydrogen) atoms. The number of carbonyl (C=O) groups excluding carboxylic acids is 2. The van der Waals surface area contributed by atoms with Crippen molar-refractivity contribution in [1.29, 1.82) is 0 Å². The fourth-order valence-corrected chi connectivity index (χ4v) is 5.72. The number of hydrogen-bond donors (Lipinski definition) is 3. The van der Waals surface area contributed by atoms with Crippen molar-refractivity contribution in [2.45, 2.75) is 52.5 Å². The lowest BCUT2D eigenvalue weighted by atomic mass is 10.0. The minimum absolute atomic E-state index is 0.123. The highest BCUT2D eigenvalue weighted by molar-refractivity contribution is 5.92. The van der Waals surface area contributed by atoms with Crippen LogP contribution in [0.3, 0.4) is 0 Å². The third-order valence-electron chi connectivity index (χ3n) is 8.61. The van der Waals surface area contributed by atoms with Gasteiger partial charge in [0, 0.05) is 28.8 Å². The van der Waals surface area contributed by atoms with Crippen molar-refractivity contribution < 1.29 is 29.0 Å². The second-order valence-corrected chi connectivity index (χ2v) is 12.6. The number of imidazole rings is 1. The topological polar surface area (TPSA) is 131 Å². The minimum atomic E-state index is -1.05. The first-order valence-corrected chi connectivity index (χ1v) is 17.9. The number of aliphatic carboxylic acids is 1. The van der Waals surface area contributed by atoms with Gasteiger partial charge in [0.15, 0.2) is 6.61 Å². The van der Waals surface area contributed by atoms with Crippen LogP contribution in [0.5, 0.6) is 5.75 Å². The summed E-state index contributed by atoms with van der Waals surface area (Å²) in [5, 5.41) is 12.0. The van der Waals surface area contributed by atoms with Gasteiger partial charge in [0.2, 0.25) is 5.91 Å². The Balaban J connectivity index is 1.32. The molecule has 5 aromatic rings. The number of amides is 1. The summed E-state index contributed by atoms with van der Waals surface area (Å²) in [7, 11) is 0. The first kappa shape index (κ1) is 38.0. The number of nitrogens with one attached hydrogen (secondary N) is 2. The average molecular weight is 712 g/mol. The number of benzene rings is 4. The number of rotatable bonds is 17. The highest BCUT2D eigenvalue weighted by Crippen LogP contribution is 2.34. The number of ether oxygens (including phenoxy) is 2. The third-order valence-corrected chi connectivity index (χ3v) is 8.61. The summed E-state index contributed by atoms with van der Waals surface area (Å²) in [5.74, 6) is -0.548. The summed E-state index contributed by atoms with van der Waals surface area (Å²) in [5.41, 5.74) is 8.09. The van der Waals surface area contributed by atoms with Crippen LogP contribution < -0.4 is 10.1 Å². The number of aromatic nitrogens is 2. The Morgan fingerprint density at radius 1 is 0.792 bits per heavy atom. The Morgan fingerprint density at radius 2 is 1.42 bits per heavy atom. The maximum absolute atomic E-state index is 12.8. The molecule has 5 rings (SSSR count). The maximum atomic E-state index is 12.8. The molecule has 0 fully saturated rings. The number of unbranched alkanes of at least 4 members (excludes halogenated alkanes) is 2. The van der Waals surface area contributed by atoms with E-state index < -0.39 is 18.5 Å². The molecule has 9 nitrogen and oxygen atoms in total. The molecule has 0 aliphatic heterocycles. The van der Waals surface area contributed by atoms with E-state index in [1.165, 1.54) is 30.9 Å². The molecule has 272 valence electrons. The predicted octanol–water partition coefficient (Wildman–Crippen LogP) is 9.07. The molecule has 0 aliphatic rings. The van der Waals surface area contributed by atoms with Crippen LogP contribution in [0.4, 0.5) is 0 Å². The SMILES string of the molecule is CCCCCc1ccc(C(C)NC(=O)/C=C/c2ccc(-c3[nH]c(-c4ccc(/C=C/C(=O)OCC)cc4)nc3-c3ccc(OCC(=O)O)cc3)cc2)cc1. The molecule has 0 bridgehead atoms. The van der Waals surface area contributed by atoms with E-state index in [-0.39, 0.29) is 11.9 Å². The molecule has 1 heterocycles. The Morgan fingerprint density at radius 3 is 2.04 bits per heavy atom. The Kier molecular flexibility index (Phi) is 13.5. The Bertz CT molecular complexity index is 2030. The van der Waals surface area contributed by atoms with E-state index in [1.54, 1.807) is 37.3 Å². The molecule has 9 heteroatoms. The largest absolute Gasteiger partial charge is 0.482 e. The number of H-pyrrole nitrogens is 1. The van der Waals surface area contributed by atoms with Crippen molar-refractivity contribution >= 4 is 30.0 Å². The van der Waals surface area contributed by atoms with E-state index in [2.05, 4.69) is 41.5 Å². The van der Waals surface area contributed by atoms with Crippen molar-refractivity contribution in [2.24, 2.45) is 0 Å². The number of hydrogen-bond acceptors (Lipinski definition) is 6. The minimum Gasteiger partial charge on any atom is -0.482 e. The maximum Gasteiger partial charge on any atom is 0.341 e. The molecule has 0 saturated carbocycles. The van der Waals surface area contributed by atoms with Gasteiger partial charge in [-0.15, -0.1) is 0 Å². The highest BCUT2D eigenvalue weighted by atomic mass is 16.5. The van der Waals surface area contributed by atoms with E-state index in [0.29, 0.717) is 23.9 Å². The first-order chi connectivity index (χ1) is 25.7. The van der Waals surface area contributed by atoms with Gasteiger partial charge in [0.05, 0.1) is 24.0 Å². The number of aryl methyl sites for hydroxylation is 1. The smallest absolute Gasteiger partial charge is 0.341 e. The van der Waals surface area contributed by atoms with E-state index in [4.69, 9.17) is 19.6 Å². The van der Waals surface area contributed by atoms with Gasteiger partial charge < -0.3 is 24.9 Å². The Hall–Kier alpha value is -6.22. The lowest BCUT2D eigenvalue weighted by Crippen LogP contribution is -2.24. The lowest BCUT2D eigenvalue weighted by Gasteiger charge is -2.13. The summed E-state index contributed by atoms with van der Waals surface area (Å²) >= 11 is 0. The van der Waals surface area contributed by atoms with Gasteiger partial charge in [-0.3, -0.25) is 4.79 Å². The lowest BCUT2D eigenvalue weighted by molar-refractivity contribution is -0.139. The molecule has 1 unspecified atom stereocenters. The van der Waals surface area contributed by atoms with Gasteiger partial charge in [0.25, 0.3) is 0 Å². The highest BCUT2D eigenvalue weighted by Gasteiger charge is 2.16. The van der Waals surface area contributed by atoms with Crippen LogP contribution in [-0.2, 0) is 25.5 Å². The van der Waals surface area contributed by atoms with Gasteiger partial charge in [0.1, 0.15) is 11.6 Å². The zero-order valence-corrected chi connectivity index (χ0v) is 30.3. The van der Waals surface area contributed by atoms with Gasteiger partial charge in [-0.05, 0) is 85.4 Å². The fraction of sp³-hybridized carbons (Fsp3) is 0.227. The number of carboxylic acids is 1. The summed E-state index contributed by atoms with van der Waals surface area (Å²) in [6.07, 6.45) is 11.1. The van der Waals surface area contributed by atoms with E-state index >= 15 is 0 Å². The van der Waals surface area contributed by atoms with Gasteiger partial charge in [-0.1, -0.05) is 92.6 Å². The molecule has 4 aromatic carbocycles. The molecule has 0 radical (unpaired) electrons. The predicted molar refractivity (Wildman–Crippen MR) is 209 cm³/mol. The van der Waals surface area contributed by atoms with Crippen LogP contribution in [0, 0.1) is 0 Å². The zero-order valence-electron chi connectivity index (χ0n) is 30.3. The zero-order chi connectivity index (χ0) is 37.6.